The molecule has 30 heavy (non-hydrogen) atoms. The first-order valence-electron chi connectivity index (χ1n) is 8.99. The molecular weight excluding hydrogens is 384 g/mol. The molecule has 0 aliphatic carbocycles. The molecule has 2 heterocycles. The summed E-state index contributed by atoms with van der Waals surface area (Å²) in [6, 6.07) is 13.2. The minimum absolute atomic E-state index is 0.219. The number of nitrogens with one attached hydrogen (secondary N) is 3. The van der Waals surface area contributed by atoms with Gasteiger partial charge in [-0.2, -0.15) is 0 Å². The molecule has 0 atom stereocenters. The highest BCUT2D eigenvalue weighted by Crippen LogP contribution is 2.24. The van der Waals surface area contributed by atoms with Crippen LogP contribution in [0.25, 0.3) is 11.0 Å². The van der Waals surface area contributed by atoms with E-state index in [9.17, 15) is 9.59 Å². The minimum Gasteiger partial charge on any atom is -0.497 e. The van der Waals surface area contributed by atoms with E-state index >= 15 is 0 Å². The van der Waals surface area contributed by atoms with Gasteiger partial charge in [-0.25, -0.2) is 14.8 Å². The molecule has 4 rings (SSSR count). The number of nitrogens with zero attached hydrogens (tertiary/aromatic N) is 2. The first-order valence-corrected chi connectivity index (χ1v) is 8.99. The van der Waals surface area contributed by atoms with Crippen molar-refractivity contribution in [3.8, 4) is 5.75 Å². The second kappa shape index (κ2) is 7.92. The van der Waals surface area contributed by atoms with E-state index in [-0.39, 0.29) is 11.6 Å². The highest BCUT2D eigenvalue weighted by molar-refractivity contribution is 6.18. The zero-order valence-corrected chi connectivity index (χ0v) is 16.0. The lowest BCUT2D eigenvalue weighted by molar-refractivity contribution is 0.104. The number of fused-ring (bicyclic) bond motifs is 1. The number of urea groups is 1. The minimum atomic E-state index is -0.447. The van der Waals surface area contributed by atoms with E-state index in [1.54, 1.807) is 61.8 Å². The molecule has 0 saturated carbocycles. The fourth-order valence-corrected chi connectivity index (χ4v) is 3.05. The first kappa shape index (κ1) is 18.9. The van der Waals surface area contributed by atoms with Crippen molar-refractivity contribution in [2.45, 2.75) is 0 Å². The smallest absolute Gasteiger partial charge is 0.323 e. The summed E-state index contributed by atoms with van der Waals surface area (Å²) >= 11 is 0. The van der Waals surface area contributed by atoms with E-state index in [1.807, 2.05) is 0 Å². The number of nitrogen functional groups attached to an aromatic ring is 1. The highest BCUT2D eigenvalue weighted by Gasteiger charge is 2.18. The number of ketones is 1. The van der Waals surface area contributed by atoms with E-state index in [4.69, 9.17) is 10.5 Å². The van der Waals surface area contributed by atoms with E-state index in [1.165, 1.54) is 6.33 Å². The predicted octanol–water partition coefficient (Wildman–Crippen LogP) is 3.42. The second-order valence-electron chi connectivity index (χ2n) is 6.41. The number of rotatable bonds is 5. The Morgan fingerprint density at radius 2 is 1.77 bits per heavy atom. The molecule has 0 bridgehead atoms. The van der Waals surface area contributed by atoms with Crippen LogP contribution < -0.4 is 21.1 Å². The highest BCUT2D eigenvalue weighted by atomic mass is 16.5. The van der Waals surface area contributed by atoms with Crippen molar-refractivity contribution < 1.29 is 14.3 Å². The second-order valence-corrected chi connectivity index (χ2v) is 6.41. The number of hydrogen-bond donors (Lipinski definition) is 4. The molecule has 0 fully saturated rings. The molecule has 0 radical (unpaired) electrons. The Kier molecular flexibility index (Phi) is 5.00. The van der Waals surface area contributed by atoms with Crippen LogP contribution in [0.4, 0.5) is 22.0 Å². The van der Waals surface area contributed by atoms with Gasteiger partial charge in [-0.1, -0.05) is 18.2 Å². The van der Waals surface area contributed by atoms with Crippen molar-refractivity contribution >= 4 is 40.0 Å². The van der Waals surface area contributed by atoms with Crippen LogP contribution in [0, 0.1) is 0 Å². The largest absolute Gasteiger partial charge is 0.497 e. The average Bonchev–Trinajstić information content (AvgIpc) is 3.19. The Morgan fingerprint density at radius 3 is 2.53 bits per heavy atom. The van der Waals surface area contributed by atoms with Crippen LogP contribution >= 0.6 is 0 Å². The van der Waals surface area contributed by atoms with E-state index in [0.717, 1.165) is 0 Å². The number of benzene rings is 2. The molecule has 9 nitrogen and oxygen atoms in total. The zero-order valence-electron chi connectivity index (χ0n) is 16.0. The van der Waals surface area contributed by atoms with Gasteiger partial charge in [0.05, 0.1) is 18.1 Å². The van der Waals surface area contributed by atoms with Crippen LogP contribution in [-0.4, -0.2) is 33.9 Å². The van der Waals surface area contributed by atoms with Gasteiger partial charge in [0.25, 0.3) is 0 Å². The van der Waals surface area contributed by atoms with Gasteiger partial charge in [-0.3, -0.25) is 4.79 Å². The van der Waals surface area contributed by atoms with Crippen LogP contribution in [0.1, 0.15) is 15.9 Å². The third-order valence-corrected chi connectivity index (χ3v) is 4.45. The molecule has 2 amide bonds. The van der Waals surface area contributed by atoms with Crippen molar-refractivity contribution in [3.63, 3.8) is 0 Å². The molecular formula is C21H18N6O3. The Balaban J connectivity index is 1.53. The number of aromatic amines is 1. The third kappa shape index (κ3) is 3.76. The van der Waals surface area contributed by atoms with Crippen LogP contribution in [0.3, 0.4) is 0 Å². The van der Waals surface area contributed by atoms with Crippen molar-refractivity contribution in [3.05, 3.63) is 72.2 Å². The van der Waals surface area contributed by atoms with E-state index in [0.29, 0.717) is 39.3 Å². The summed E-state index contributed by atoms with van der Waals surface area (Å²) in [6.45, 7) is 0. The number of methoxy groups -OCH3 is 1. The number of H-pyrrole nitrogens is 1. The average molecular weight is 402 g/mol. The van der Waals surface area contributed by atoms with E-state index < -0.39 is 6.03 Å². The van der Waals surface area contributed by atoms with Crippen molar-refractivity contribution in [1.29, 1.82) is 0 Å². The summed E-state index contributed by atoms with van der Waals surface area (Å²) in [6.07, 6.45) is 2.88. The maximum atomic E-state index is 13.0. The molecule has 5 N–H and O–H groups in total. The van der Waals surface area contributed by atoms with Gasteiger partial charge in [0.15, 0.2) is 5.78 Å². The lowest BCUT2D eigenvalue weighted by Gasteiger charge is -2.10. The number of amides is 2. The van der Waals surface area contributed by atoms with Crippen LogP contribution in [0.2, 0.25) is 0 Å². The summed E-state index contributed by atoms with van der Waals surface area (Å²) in [4.78, 5) is 36.3. The fourth-order valence-electron chi connectivity index (χ4n) is 3.05. The van der Waals surface area contributed by atoms with Gasteiger partial charge in [0, 0.05) is 29.2 Å². The molecule has 0 spiro atoms. The van der Waals surface area contributed by atoms with Gasteiger partial charge in [0.2, 0.25) is 0 Å². The van der Waals surface area contributed by atoms with Gasteiger partial charge < -0.3 is 26.1 Å². The van der Waals surface area contributed by atoms with Crippen molar-refractivity contribution in [2.24, 2.45) is 0 Å². The monoisotopic (exact) mass is 402 g/mol. The zero-order chi connectivity index (χ0) is 21.1. The molecule has 0 aliphatic heterocycles. The third-order valence-electron chi connectivity index (χ3n) is 4.45. The van der Waals surface area contributed by atoms with Gasteiger partial charge in [-0.15, -0.1) is 0 Å². The van der Waals surface area contributed by atoms with Crippen molar-refractivity contribution in [1.82, 2.24) is 15.0 Å². The Hall–Kier alpha value is -4.40. The van der Waals surface area contributed by atoms with Crippen molar-refractivity contribution in [2.75, 3.05) is 23.5 Å². The molecule has 2 aromatic heterocycles. The summed E-state index contributed by atoms with van der Waals surface area (Å²) < 4.78 is 5.14. The number of carbonyl (C=O) groups is 2. The standard InChI is InChI=1S/C21H18N6O3/c1-30-15-7-3-6-14(9-15)27-21(29)26-13-5-2-4-12(8-13)18(28)16-10-23-20-17(16)19(22)24-11-25-20/h2-11H,1H3,(H2,26,27,29)(H3,22,23,24,25). The molecule has 4 aromatic rings. The molecule has 150 valence electrons. The molecule has 0 saturated heterocycles. The first-order chi connectivity index (χ1) is 14.5. The lowest BCUT2D eigenvalue weighted by Crippen LogP contribution is -2.19. The molecule has 9 heteroatoms. The molecule has 2 aromatic carbocycles. The van der Waals surface area contributed by atoms with Gasteiger partial charge in [-0.05, 0) is 24.3 Å². The maximum Gasteiger partial charge on any atom is 0.323 e. The van der Waals surface area contributed by atoms with Crippen LogP contribution in [-0.2, 0) is 0 Å². The fraction of sp³-hybridized carbons (Fsp3) is 0.0476. The van der Waals surface area contributed by atoms with Crippen LogP contribution in [0.15, 0.2) is 61.1 Å². The Morgan fingerprint density at radius 1 is 1.03 bits per heavy atom. The normalized spacial score (nSPS) is 10.6. The Bertz CT molecular complexity index is 1250. The Labute approximate surface area is 171 Å². The van der Waals surface area contributed by atoms with Crippen LogP contribution in [0.5, 0.6) is 5.75 Å². The molecule has 0 aliphatic rings. The topological polar surface area (TPSA) is 135 Å². The number of hydrogen-bond acceptors (Lipinski definition) is 6. The van der Waals surface area contributed by atoms with Gasteiger partial charge in [0.1, 0.15) is 23.5 Å². The van der Waals surface area contributed by atoms with Gasteiger partial charge >= 0.3 is 6.03 Å². The molecule has 0 unspecified atom stereocenters. The summed E-state index contributed by atoms with van der Waals surface area (Å²) in [5, 5.41) is 5.91. The quantitative estimate of drug-likeness (QED) is 0.378. The summed E-state index contributed by atoms with van der Waals surface area (Å²) in [5.74, 6) is 0.582. The maximum absolute atomic E-state index is 13.0. The summed E-state index contributed by atoms with van der Waals surface area (Å²) in [5.41, 5.74) is 8.18. The number of ether oxygens (including phenoxy) is 1. The van der Waals surface area contributed by atoms with E-state index in [2.05, 4.69) is 25.6 Å². The number of anilines is 3. The lowest BCUT2D eigenvalue weighted by atomic mass is 10.0. The SMILES string of the molecule is COc1cccc(NC(=O)Nc2cccc(C(=O)c3c[nH]c4ncnc(N)c34)c2)c1. The number of nitrogens with two attached hydrogens (primary N) is 1. The number of aromatic nitrogens is 3. The summed E-state index contributed by atoms with van der Waals surface area (Å²) in [7, 11) is 1.55. The number of carbonyl (C=O) groups excluding carboxylic acids is 2. The predicted molar refractivity (Wildman–Crippen MR) is 114 cm³/mol.